The lowest BCUT2D eigenvalue weighted by atomic mass is 9.98. The van der Waals surface area contributed by atoms with Gasteiger partial charge in [0.1, 0.15) is 0 Å². The Labute approximate surface area is 125 Å². The molecule has 3 heterocycles. The molecular formula is C14H20N4O2S. The highest BCUT2D eigenvalue weighted by Gasteiger charge is 2.30. The van der Waals surface area contributed by atoms with Crippen molar-refractivity contribution in [3.8, 4) is 6.07 Å². The van der Waals surface area contributed by atoms with Gasteiger partial charge >= 0.3 is 0 Å². The molecule has 114 valence electrons. The zero-order valence-corrected chi connectivity index (χ0v) is 12.8. The van der Waals surface area contributed by atoms with E-state index >= 15 is 0 Å². The molecule has 1 fully saturated rings. The molecule has 1 unspecified atom stereocenters. The second kappa shape index (κ2) is 5.78. The minimum absolute atomic E-state index is 0.195. The molecule has 0 bridgehead atoms. The first-order valence-corrected chi connectivity index (χ1v) is 9.27. The van der Waals surface area contributed by atoms with Gasteiger partial charge in [0, 0.05) is 30.8 Å². The van der Waals surface area contributed by atoms with Crippen molar-refractivity contribution in [2.24, 2.45) is 5.92 Å². The summed E-state index contributed by atoms with van der Waals surface area (Å²) in [7, 11) is -2.84. The highest BCUT2D eigenvalue weighted by Crippen LogP contribution is 2.26. The van der Waals surface area contributed by atoms with E-state index in [9.17, 15) is 8.42 Å². The van der Waals surface area contributed by atoms with E-state index in [2.05, 4.69) is 16.5 Å². The molecule has 3 rings (SSSR count). The summed E-state index contributed by atoms with van der Waals surface area (Å²) in [6.07, 6.45) is 2.87. The Balaban J connectivity index is 1.81. The van der Waals surface area contributed by atoms with Crippen molar-refractivity contribution >= 4 is 9.84 Å². The number of aryl methyl sites for hydroxylation is 1. The molecule has 7 heteroatoms. The molecule has 0 radical (unpaired) electrons. The van der Waals surface area contributed by atoms with Gasteiger partial charge in [0.05, 0.1) is 36.2 Å². The molecule has 0 aliphatic carbocycles. The molecule has 1 atom stereocenters. The van der Waals surface area contributed by atoms with Crippen molar-refractivity contribution in [2.45, 2.75) is 38.8 Å². The summed E-state index contributed by atoms with van der Waals surface area (Å²) >= 11 is 0. The number of aromatic nitrogens is 2. The van der Waals surface area contributed by atoms with E-state index < -0.39 is 9.84 Å². The van der Waals surface area contributed by atoms with Gasteiger partial charge in [-0.05, 0) is 18.8 Å². The fourth-order valence-corrected chi connectivity index (χ4v) is 5.17. The zero-order chi connectivity index (χ0) is 14.9. The predicted molar refractivity (Wildman–Crippen MR) is 78.3 cm³/mol. The molecule has 0 spiro atoms. The Kier molecular flexibility index (Phi) is 4.00. The average molecular weight is 308 g/mol. The number of nitrogens with one attached hydrogen (secondary N) is 1. The first-order chi connectivity index (χ1) is 10.1. The van der Waals surface area contributed by atoms with Crippen LogP contribution in [0.5, 0.6) is 0 Å². The number of hydrogen-bond acceptors (Lipinski definition) is 5. The molecule has 1 N–H and O–H groups in total. The topological polar surface area (TPSA) is 87.8 Å². The second-order valence-corrected chi connectivity index (χ2v) is 8.13. The number of rotatable bonds is 4. The van der Waals surface area contributed by atoms with Gasteiger partial charge in [-0.3, -0.25) is 4.68 Å². The third-order valence-electron chi connectivity index (χ3n) is 4.33. The number of hydrogen-bond donors (Lipinski definition) is 1. The Morgan fingerprint density at radius 3 is 3.05 bits per heavy atom. The van der Waals surface area contributed by atoms with Crippen molar-refractivity contribution in [1.82, 2.24) is 15.1 Å². The summed E-state index contributed by atoms with van der Waals surface area (Å²) in [5.41, 5.74) is 3.47. The largest absolute Gasteiger partial charge is 0.312 e. The summed E-state index contributed by atoms with van der Waals surface area (Å²) in [5, 5.41) is 16.8. The Morgan fingerprint density at radius 2 is 2.33 bits per heavy atom. The van der Waals surface area contributed by atoms with Crippen LogP contribution in [0.2, 0.25) is 0 Å². The standard InChI is InChI=1S/C14H20N4O2S/c15-4-1-6-18-14-2-5-16-9-12(14)13(17-18)8-11-3-7-21(19,20)10-11/h11,16H,1-3,5-10H2. The van der Waals surface area contributed by atoms with E-state index in [-0.39, 0.29) is 5.92 Å². The van der Waals surface area contributed by atoms with Crippen LogP contribution in [0.1, 0.15) is 29.8 Å². The van der Waals surface area contributed by atoms with Crippen molar-refractivity contribution in [2.75, 3.05) is 18.1 Å². The summed E-state index contributed by atoms with van der Waals surface area (Å²) in [6.45, 7) is 2.36. The summed E-state index contributed by atoms with van der Waals surface area (Å²) < 4.78 is 25.1. The third-order valence-corrected chi connectivity index (χ3v) is 6.17. The SMILES string of the molecule is N#CCCn1nc(CC2CCS(=O)(=O)C2)c2c1CCNC2. The van der Waals surface area contributed by atoms with Gasteiger partial charge in [-0.25, -0.2) is 8.42 Å². The van der Waals surface area contributed by atoms with Crippen LogP contribution < -0.4 is 5.32 Å². The molecular weight excluding hydrogens is 288 g/mol. The van der Waals surface area contributed by atoms with E-state index in [1.807, 2.05) is 4.68 Å². The van der Waals surface area contributed by atoms with Gasteiger partial charge in [-0.2, -0.15) is 10.4 Å². The Bertz CT molecular complexity index is 672. The second-order valence-electron chi connectivity index (χ2n) is 5.90. The maximum absolute atomic E-state index is 11.6. The maximum Gasteiger partial charge on any atom is 0.150 e. The van der Waals surface area contributed by atoms with Gasteiger partial charge < -0.3 is 5.32 Å². The fraction of sp³-hybridized carbons (Fsp3) is 0.714. The number of sulfone groups is 1. The minimum Gasteiger partial charge on any atom is -0.312 e. The molecule has 0 aromatic carbocycles. The Hall–Kier alpha value is -1.39. The summed E-state index contributed by atoms with van der Waals surface area (Å²) in [4.78, 5) is 0. The van der Waals surface area contributed by atoms with Crippen LogP contribution in [0.4, 0.5) is 0 Å². The van der Waals surface area contributed by atoms with Gasteiger partial charge in [-0.15, -0.1) is 0 Å². The molecule has 0 saturated carbocycles. The number of fused-ring (bicyclic) bond motifs is 1. The normalized spacial score (nSPS) is 23.7. The molecule has 21 heavy (non-hydrogen) atoms. The number of nitrogens with zero attached hydrogens (tertiary/aromatic N) is 3. The van der Waals surface area contributed by atoms with Crippen LogP contribution >= 0.6 is 0 Å². The van der Waals surface area contributed by atoms with E-state index in [1.54, 1.807) is 0 Å². The molecule has 6 nitrogen and oxygen atoms in total. The van der Waals surface area contributed by atoms with Gasteiger partial charge in [0.15, 0.2) is 9.84 Å². The average Bonchev–Trinajstić information content (AvgIpc) is 2.98. The first-order valence-electron chi connectivity index (χ1n) is 7.44. The zero-order valence-electron chi connectivity index (χ0n) is 12.0. The van der Waals surface area contributed by atoms with Crippen LogP contribution in [-0.4, -0.2) is 36.2 Å². The van der Waals surface area contributed by atoms with E-state index in [1.165, 1.54) is 11.3 Å². The lowest BCUT2D eigenvalue weighted by Gasteiger charge is -2.15. The fourth-order valence-electron chi connectivity index (χ4n) is 3.30. The van der Waals surface area contributed by atoms with Crippen LogP contribution in [0, 0.1) is 17.2 Å². The Morgan fingerprint density at radius 1 is 1.48 bits per heavy atom. The van der Waals surface area contributed by atoms with Crippen molar-refractivity contribution in [3.05, 3.63) is 17.0 Å². The quantitative estimate of drug-likeness (QED) is 0.871. The molecule has 2 aliphatic rings. The van der Waals surface area contributed by atoms with Crippen LogP contribution in [0.3, 0.4) is 0 Å². The third kappa shape index (κ3) is 3.11. The molecule has 2 aliphatic heterocycles. The maximum atomic E-state index is 11.6. The summed E-state index contributed by atoms with van der Waals surface area (Å²) in [6, 6.07) is 2.16. The lowest BCUT2D eigenvalue weighted by molar-refractivity contribution is 0.547. The van der Waals surface area contributed by atoms with Crippen molar-refractivity contribution in [1.29, 1.82) is 5.26 Å². The molecule has 1 aromatic heterocycles. The molecule has 1 aromatic rings. The predicted octanol–water partition coefficient (Wildman–Crippen LogP) is 0.420. The van der Waals surface area contributed by atoms with E-state index in [0.29, 0.717) is 24.5 Å². The smallest absolute Gasteiger partial charge is 0.150 e. The van der Waals surface area contributed by atoms with Gasteiger partial charge in [0.2, 0.25) is 0 Å². The van der Waals surface area contributed by atoms with E-state index in [0.717, 1.165) is 38.0 Å². The van der Waals surface area contributed by atoms with Crippen LogP contribution in [0.25, 0.3) is 0 Å². The van der Waals surface area contributed by atoms with Crippen LogP contribution in [-0.2, 0) is 35.8 Å². The van der Waals surface area contributed by atoms with Gasteiger partial charge in [0.25, 0.3) is 0 Å². The first kappa shape index (κ1) is 14.5. The monoisotopic (exact) mass is 308 g/mol. The highest BCUT2D eigenvalue weighted by atomic mass is 32.2. The lowest BCUT2D eigenvalue weighted by Crippen LogP contribution is -2.25. The van der Waals surface area contributed by atoms with Gasteiger partial charge in [-0.1, -0.05) is 0 Å². The highest BCUT2D eigenvalue weighted by molar-refractivity contribution is 7.91. The molecule has 1 saturated heterocycles. The summed E-state index contributed by atoms with van der Waals surface area (Å²) in [5.74, 6) is 0.799. The molecule has 0 amide bonds. The number of nitriles is 1. The van der Waals surface area contributed by atoms with Crippen molar-refractivity contribution < 1.29 is 8.42 Å². The minimum atomic E-state index is -2.84. The van der Waals surface area contributed by atoms with E-state index in [4.69, 9.17) is 5.26 Å². The van der Waals surface area contributed by atoms with Crippen molar-refractivity contribution in [3.63, 3.8) is 0 Å². The van der Waals surface area contributed by atoms with Crippen LogP contribution in [0.15, 0.2) is 0 Å².